The lowest BCUT2D eigenvalue weighted by Gasteiger charge is -2.36. The molecule has 1 spiro atoms. The van der Waals surface area contributed by atoms with E-state index < -0.39 is 0 Å². The van der Waals surface area contributed by atoms with Crippen LogP contribution in [0.1, 0.15) is 83.5 Å². The molecule has 1 unspecified atom stereocenters. The predicted octanol–water partition coefficient (Wildman–Crippen LogP) is 3.58. The fourth-order valence-electron chi connectivity index (χ4n) is 4.99. The first-order valence-electron chi connectivity index (χ1n) is 9.41. The number of amides is 1. The Hall–Kier alpha value is -0.570. The molecule has 1 N–H and O–H groups in total. The van der Waals surface area contributed by atoms with E-state index in [0.29, 0.717) is 18.1 Å². The van der Waals surface area contributed by atoms with Crippen LogP contribution in [0, 0.1) is 5.92 Å². The molecule has 118 valence electrons. The van der Waals surface area contributed by atoms with E-state index in [1.54, 1.807) is 0 Å². The summed E-state index contributed by atoms with van der Waals surface area (Å²) in [6.45, 7) is 0. The average Bonchev–Trinajstić information content (AvgIpc) is 2.92. The van der Waals surface area contributed by atoms with E-state index in [-0.39, 0.29) is 5.54 Å². The van der Waals surface area contributed by atoms with Crippen molar-refractivity contribution in [1.29, 1.82) is 0 Å². The first-order chi connectivity index (χ1) is 10.3. The molecule has 1 atom stereocenters. The van der Waals surface area contributed by atoms with Gasteiger partial charge in [0.15, 0.2) is 0 Å². The number of nitrogens with zero attached hydrogens (tertiary/aromatic N) is 1. The molecule has 4 aliphatic rings. The minimum Gasteiger partial charge on any atom is -0.322 e. The van der Waals surface area contributed by atoms with Crippen molar-refractivity contribution in [2.24, 2.45) is 5.92 Å². The molecule has 3 saturated carbocycles. The number of hydrogen-bond acceptors (Lipinski definition) is 2. The molecule has 0 bridgehead atoms. The zero-order valence-electron chi connectivity index (χ0n) is 13.3. The standard InChI is InChI=1S/C18H30N2O/c21-17-18(12-13-18)19-16(14-8-6-7-9-14)20(17)15-10-4-2-1-3-5-11-15/h14-16,19H,1-13H2. The van der Waals surface area contributed by atoms with E-state index in [0.717, 1.165) is 18.8 Å². The quantitative estimate of drug-likeness (QED) is 0.843. The number of nitrogens with one attached hydrogen (secondary N) is 1. The molecular formula is C18H30N2O. The molecule has 0 aromatic heterocycles. The number of rotatable bonds is 2. The fourth-order valence-corrected chi connectivity index (χ4v) is 4.99. The molecule has 3 aliphatic carbocycles. The van der Waals surface area contributed by atoms with Gasteiger partial charge in [-0.15, -0.1) is 0 Å². The second-order valence-corrected chi connectivity index (χ2v) is 7.93. The van der Waals surface area contributed by atoms with E-state index in [1.807, 2.05) is 0 Å². The first-order valence-corrected chi connectivity index (χ1v) is 9.41. The Kier molecular flexibility index (Phi) is 3.72. The van der Waals surface area contributed by atoms with E-state index in [1.165, 1.54) is 70.6 Å². The van der Waals surface area contributed by atoms with Gasteiger partial charge >= 0.3 is 0 Å². The van der Waals surface area contributed by atoms with Gasteiger partial charge < -0.3 is 4.90 Å². The van der Waals surface area contributed by atoms with Crippen LogP contribution in [0.15, 0.2) is 0 Å². The van der Waals surface area contributed by atoms with E-state index in [9.17, 15) is 4.79 Å². The minimum absolute atomic E-state index is 0.115. The zero-order chi connectivity index (χ0) is 14.3. The number of hydrogen-bond donors (Lipinski definition) is 1. The highest BCUT2D eigenvalue weighted by Gasteiger charge is 2.61. The van der Waals surface area contributed by atoms with Gasteiger partial charge in [-0.05, 0) is 44.4 Å². The summed E-state index contributed by atoms with van der Waals surface area (Å²) in [5.41, 5.74) is -0.115. The third-order valence-electron chi connectivity index (χ3n) is 6.43. The highest BCUT2D eigenvalue weighted by atomic mass is 16.2. The summed E-state index contributed by atoms with van der Waals surface area (Å²) in [5.74, 6) is 1.18. The Morgan fingerprint density at radius 3 is 2.05 bits per heavy atom. The summed E-state index contributed by atoms with van der Waals surface area (Å²) < 4.78 is 0. The summed E-state index contributed by atoms with van der Waals surface area (Å²) in [6.07, 6.45) is 17.2. The smallest absolute Gasteiger partial charge is 0.244 e. The topological polar surface area (TPSA) is 32.3 Å². The molecule has 3 heteroatoms. The average molecular weight is 290 g/mol. The monoisotopic (exact) mass is 290 g/mol. The SMILES string of the molecule is O=C1N(C2CCCCCCC2)C(C2CCCC2)NC12CC2. The van der Waals surface area contributed by atoms with E-state index in [2.05, 4.69) is 10.2 Å². The van der Waals surface area contributed by atoms with E-state index >= 15 is 0 Å². The van der Waals surface area contributed by atoms with Crippen LogP contribution in [0.2, 0.25) is 0 Å². The lowest BCUT2D eigenvalue weighted by molar-refractivity contribution is -0.134. The van der Waals surface area contributed by atoms with Crippen molar-refractivity contribution < 1.29 is 4.79 Å². The van der Waals surface area contributed by atoms with Crippen LogP contribution in [0.4, 0.5) is 0 Å². The maximum Gasteiger partial charge on any atom is 0.244 e. The van der Waals surface area contributed by atoms with Gasteiger partial charge in [-0.1, -0.05) is 44.9 Å². The first kappa shape index (κ1) is 14.0. The molecule has 1 aliphatic heterocycles. The Bertz CT molecular complexity index is 390. The highest BCUT2D eigenvalue weighted by molar-refractivity contribution is 5.92. The Balaban J connectivity index is 1.54. The van der Waals surface area contributed by atoms with Gasteiger partial charge in [-0.25, -0.2) is 0 Å². The van der Waals surface area contributed by atoms with Gasteiger partial charge in [0.05, 0.1) is 11.7 Å². The molecule has 1 saturated heterocycles. The largest absolute Gasteiger partial charge is 0.322 e. The highest BCUT2D eigenvalue weighted by Crippen LogP contribution is 2.47. The van der Waals surface area contributed by atoms with Gasteiger partial charge in [-0.3, -0.25) is 10.1 Å². The molecule has 4 fully saturated rings. The molecule has 1 amide bonds. The number of carbonyl (C=O) groups excluding carboxylic acids is 1. The van der Waals surface area contributed by atoms with Crippen LogP contribution in [0.5, 0.6) is 0 Å². The van der Waals surface area contributed by atoms with Crippen molar-refractivity contribution in [2.75, 3.05) is 0 Å². The maximum atomic E-state index is 13.0. The Labute approximate surface area is 128 Å². The predicted molar refractivity (Wildman–Crippen MR) is 83.8 cm³/mol. The molecule has 0 radical (unpaired) electrons. The molecule has 0 aromatic carbocycles. The maximum absolute atomic E-state index is 13.0. The van der Waals surface area contributed by atoms with Gasteiger partial charge in [0.2, 0.25) is 5.91 Å². The normalized spacial score (nSPS) is 34.4. The minimum atomic E-state index is -0.115. The third kappa shape index (κ3) is 2.52. The van der Waals surface area contributed by atoms with E-state index in [4.69, 9.17) is 0 Å². The molecular weight excluding hydrogens is 260 g/mol. The number of carbonyl (C=O) groups is 1. The molecule has 1 heterocycles. The van der Waals surface area contributed by atoms with Crippen LogP contribution in [0.3, 0.4) is 0 Å². The molecule has 0 aromatic rings. The molecule has 3 nitrogen and oxygen atoms in total. The van der Waals surface area contributed by atoms with Gasteiger partial charge in [0.1, 0.15) is 0 Å². The van der Waals surface area contributed by atoms with Crippen molar-refractivity contribution in [2.45, 2.75) is 101 Å². The summed E-state index contributed by atoms with van der Waals surface area (Å²) in [6, 6.07) is 0.524. The lowest BCUT2D eigenvalue weighted by Crippen LogP contribution is -2.48. The summed E-state index contributed by atoms with van der Waals surface area (Å²) >= 11 is 0. The van der Waals surface area contributed by atoms with Crippen LogP contribution < -0.4 is 5.32 Å². The summed E-state index contributed by atoms with van der Waals surface area (Å²) in [4.78, 5) is 15.4. The van der Waals surface area contributed by atoms with Gasteiger partial charge in [0, 0.05) is 6.04 Å². The summed E-state index contributed by atoms with van der Waals surface area (Å²) in [7, 11) is 0. The lowest BCUT2D eigenvalue weighted by atomic mass is 9.93. The van der Waals surface area contributed by atoms with Gasteiger partial charge in [0.25, 0.3) is 0 Å². The van der Waals surface area contributed by atoms with Crippen LogP contribution in [-0.2, 0) is 4.79 Å². The fraction of sp³-hybridized carbons (Fsp3) is 0.944. The second-order valence-electron chi connectivity index (χ2n) is 7.93. The van der Waals surface area contributed by atoms with Crippen molar-refractivity contribution in [3.63, 3.8) is 0 Å². The van der Waals surface area contributed by atoms with Crippen LogP contribution in [0.25, 0.3) is 0 Å². The van der Waals surface area contributed by atoms with Crippen molar-refractivity contribution in [1.82, 2.24) is 10.2 Å². The molecule has 21 heavy (non-hydrogen) atoms. The van der Waals surface area contributed by atoms with Crippen molar-refractivity contribution in [3.05, 3.63) is 0 Å². The Morgan fingerprint density at radius 1 is 0.857 bits per heavy atom. The van der Waals surface area contributed by atoms with Crippen LogP contribution in [-0.4, -0.2) is 28.6 Å². The Morgan fingerprint density at radius 2 is 1.43 bits per heavy atom. The van der Waals surface area contributed by atoms with Crippen molar-refractivity contribution >= 4 is 5.91 Å². The van der Waals surface area contributed by atoms with Gasteiger partial charge in [-0.2, -0.15) is 0 Å². The van der Waals surface area contributed by atoms with Crippen molar-refractivity contribution in [3.8, 4) is 0 Å². The van der Waals surface area contributed by atoms with Crippen LogP contribution >= 0.6 is 0 Å². The second kappa shape index (κ2) is 5.57. The zero-order valence-corrected chi connectivity index (χ0v) is 13.3. The summed E-state index contributed by atoms with van der Waals surface area (Å²) in [5, 5.41) is 3.79. The molecule has 4 rings (SSSR count). The third-order valence-corrected chi connectivity index (χ3v) is 6.43.